The Bertz CT molecular complexity index is 622. The fourth-order valence-corrected chi connectivity index (χ4v) is 2.69. The summed E-state index contributed by atoms with van der Waals surface area (Å²) in [4.78, 5) is 0. The summed E-state index contributed by atoms with van der Waals surface area (Å²) >= 11 is 9.38. The number of aromatic nitrogens is 2. The van der Waals surface area contributed by atoms with Crippen LogP contribution in [0.15, 0.2) is 28.9 Å². The molecule has 8 heteroatoms. The Morgan fingerprint density at radius 1 is 1.57 bits per heavy atom. The zero-order chi connectivity index (χ0) is 15.4. The number of hydrogen-bond acceptors (Lipinski definition) is 4. The highest BCUT2D eigenvalue weighted by atomic mass is 79.9. The highest BCUT2D eigenvalue weighted by Gasteiger charge is 2.22. The maximum absolute atomic E-state index is 13.4. The molecule has 1 unspecified atom stereocenters. The third-order valence-corrected chi connectivity index (χ3v) is 3.96. The van der Waals surface area contributed by atoms with Gasteiger partial charge in [-0.1, -0.05) is 17.7 Å². The van der Waals surface area contributed by atoms with Crippen molar-refractivity contribution in [3.05, 3.63) is 51.0 Å². The van der Waals surface area contributed by atoms with Crippen molar-refractivity contribution in [2.75, 3.05) is 13.7 Å². The largest absolute Gasteiger partial charge is 0.383 e. The molecule has 0 amide bonds. The first kappa shape index (κ1) is 16.4. The van der Waals surface area contributed by atoms with Gasteiger partial charge in [0.15, 0.2) is 0 Å². The van der Waals surface area contributed by atoms with Crippen LogP contribution in [-0.2, 0) is 11.3 Å². The smallest absolute Gasteiger partial charge is 0.137 e. The number of halogens is 3. The van der Waals surface area contributed by atoms with Crippen LogP contribution in [0.1, 0.15) is 17.3 Å². The Kier molecular flexibility index (Phi) is 5.72. The Hall–Kier alpha value is -0.990. The predicted molar refractivity (Wildman–Crippen MR) is 82.4 cm³/mol. The summed E-state index contributed by atoms with van der Waals surface area (Å²) in [5.41, 5.74) is 4.17. The van der Waals surface area contributed by atoms with E-state index in [1.54, 1.807) is 30.1 Å². The first-order valence-electron chi connectivity index (χ1n) is 6.19. The summed E-state index contributed by atoms with van der Waals surface area (Å²) in [5, 5.41) is 4.69. The average Bonchev–Trinajstić information content (AvgIpc) is 2.83. The molecule has 3 N–H and O–H groups in total. The molecule has 0 aliphatic carbocycles. The third-order valence-electron chi connectivity index (χ3n) is 3.06. The third kappa shape index (κ3) is 3.61. The number of hydrogen-bond donors (Lipinski definition) is 2. The first-order chi connectivity index (χ1) is 10.1. The van der Waals surface area contributed by atoms with Crippen LogP contribution < -0.4 is 11.3 Å². The molecule has 1 atom stereocenters. The van der Waals surface area contributed by atoms with Gasteiger partial charge in [-0.05, 0) is 33.6 Å². The van der Waals surface area contributed by atoms with Gasteiger partial charge in [-0.25, -0.2) is 9.82 Å². The van der Waals surface area contributed by atoms with Crippen LogP contribution in [-0.4, -0.2) is 23.5 Å². The minimum atomic E-state index is -0.409. The summed E-state index contributed by atoms with van der Waals surface area (Å²) in [7, 11) is 1.61. The minimum Gasteiger partial charge on any atom is -0.383 e. The van der Waals surface area contributed by atoms with Crippen LogP contribution in [0.2, 0.25) is 5.02 Å². The van der Waals surface area contributed by atoms with Gasteiger partial charge < -0.3 is 4.74 Å². The van der Waals surface area contributed by atoms with E-state index in [1.807, 2.05) is 0 Å². The maximum Gasteiger partial charge on any atom is 0.137 e. The van der Waals surface area contributed by atoms with E-state index in [-0.39, 0.29) is 5.82 Å². The molecule has 114 valence electrons. The summed E-state index contributed by atoms with van der Waals surface area (Å²) in [6.07, 6.45) is 1.55. The van der Waals surface area contributed by atoms with Crippen LogP contribution in [0, 0.1) is 5.82 Å². The Labute approximate surface area is 135 Å². The van der Waals surface area contributed by atoms with Crippen molar-refractivity contribution in [2.45, 2.75) is 12.6 Å². The lowest BCUT2D eigenvalue weighted by Crippen LogP contribution is -2.31. The van der Waals surface area contributed by atoms with E-state index in [9.17, 15) is 4.39 Å². The van der Waals surface area contributed by atoms with E-state index in [4.69, 9.17) is 22.2 Å². The normalized spacial score (nSPS) is 12.6. The molecule has 0 fully saturated rings. The topological polar surface area (TPSA) is 65.1 Å². The second-order valence-corrected chi connectivity index (χ2v) is 5.63. The molecule has 1 aromatic carbocycles. The van der Waals surface area contributed by atoms with E-state index in [0.29, 0.717) is 28.3 Å². The summed E-state index contributed by atoms with van der Waals surface area (Å²) in [6.45, 7) is 1.04. The fraction of sp³-hybridized carbons (Fsp3) is 0.308. The van der Waals surface area contributed by atoms with E-state index < -0.39 is 6.04 Å². The van der Waals surface area contributed by atoms with E-state index >= 15 is 0 Å². The molecule has 0 spiro atoms. The van der Waals surface area contributed by atoms with Gasteiger partial charge >= 0.3 is 0 Å². The summed E-state index contributed by atoms with van der Waals surface area (Å²) < 4.78 is 20.5. The SMILES string of the molecule is COCCn1ncc(Cl)c1C(NN)c1ccc(F)c(Br)c1. The molecule has 0 saturated carbocycles. The van der Waals surface area contributed by atoms with Gasteiger partial charge in [-0.3, -0.25) is 10.5 Å². The second-order valence-electron chi connectivity index (χ2n) is 4.37. The molecular weight excluding hydrogens is 363 g/mol. The average molecular weight is 378 g/mol. The number of methoxy groups -OCH3 is 1. The molecule has 2 aromatic rings. The maximum atomic E-state index is 13.4. The lowest BCUT2D eigenvalue weighted by atomic mass is 10.0. The van der Waals surface area contributed by atoms with Crippen LogP contribution in [0.5, 0.6) is 0 Å². The van der Waals surface area contributed by atoms with Crippen molar-refractivity contribution >= 4 is 27.5 Å². The van der Waals surface area contributed by atoms with Crippen molar-refractivity contribution < 1.29 is 9.13 Å². The van der Waals surface area contributed by atoms with Gasteiger partial charge in [-0.2, -0.15) is 5.10 Å². The molecule has 2 rings (SSSR count). The van der Waals surface area contributed by atoms with Gasteiger partial charge in [0.05, 0.1) is 40.6 Å². The lowest BCUT2D eigenvalue weighted by Gasteiger charge is -2.19. The zero-order valence-electron chi connectivity index (χ0n) is 11.3. The number of ether oxygens (including phenoxy) is 1. The summed E-state index contributed by atoms with van der Waals surface area (Å²) in [6, 6.07) is 4.26. The highest BCUT2D eigenvalue weighted by molar-refractivity contribution is 9.10. The van der Waals surface area contributed by atoms with Crippen LogP contribution in [0.25, 0.3) is 0 Å². The van der Waals surface area contributed by atoms with Gasteiger partial charge in [0.25, 0.3) is 0 Å². The van der Waals surface area contributed by atoms with E-state index in [2.05, 4.69) is 26.5 Å². The van der Waals surface area contributed by atoms with Crippen molar-refractivity contribution in [3.8, 4) is 0 Å². The van der Waals surface area contributed by atoms with Crippen molar-refractivity contribution in [1.29, 1.82) is 0 Å². The van der Waals surface area contributed by atoms with Crippen LogP contribution >= 0.6 is 27.5 Å². The molecule has 0 aliphatic rings. The van der Waals surface area contributed by atoms with Gasteiger partial charge in [0.2, 0.25) is 0 Å². The lowest BCUT2D eigenvalue weighted by molar-refractivity contribution is 0.182. The highest BCUT2D eigenvalue weighted by Crippen LogP contribution is 2.30. The quantitative estimate of drug-likeness (QED) is 0.600. The zero-order valence-corrected chi connectivity index (χ0v) is 13.7. The van der Waals surface area contributed by atoms with E-state index in [1.165, 1.54) is 6.07 Å². The monoisotopic (exact) mass is 376 g/mol. The molecule has 0 aliphatic heterocycles. The van der Waals surface area contributed by atoms with Gasteiger partial charge in [-0.15, -0.1) is 0 Å². The molecule has 0 radical (unpaired) electrons. The predicted octanol–water partition coefficient (Wildman–Crippen LogP) is 2.64. The van der Waals surface area contributed by atoms with Crippen LogP contribution in [0.3, 0.4) is 0 Å². The fourth-order valence-electron chi connectivity index (χ4n) is 2.04. The number of rotatable bonds is 6. The van der Waals surface area contributed by atoms with Gasteiger partial charge in [0, 0.05) is 7.11 Å². The number of nitrogens with two attached hydrogens (primary N) is 1. The molecular formula is C13H15BrClFN4O. The molecule has 0 bridgehead atoms. The minimum absolute atomic E-state index is 0.339. The Morgan fingerprint density at radius 2 is 2.33 bits per heavy atom. The Morgan fingerprint density at radius 3 is 2.95 bits per heavy atom. The van der Waals surface area contributed by atoms with Crippen molar-refractivity contribution in [1.82, 2.24) is 15.2 Å². The number of nitrogens with zero attached hydrogens (tertiary/aromatic N) is 2. The van der Waals surface area contributed by atoms with Crippen molar-refractivity contribution in [3.63, 3.8) is 0 Å². The number of nitrogens with one attached hydrogen (secondary N) is 1. The number of benzene rings is 1. The standard InChI is InChI=1S/C13H15BrClFN4O/c1-21-5-4-20-13(10(15)7-18-20)12(19-17)8-2-3-11(16)9(14)6-8/h2-3,6-7,12,19H,4-5,17H2,1H3. The van der Waals surface area contributed by atoms with Crippen LogP contribution in [0.4, 0.5) is 4.39 Å². The summed E-state index contributed by atoms with van der Waals surface area (Å²) in [5.74, 6) is 5.32. The van der Waals surface area contributed by atoms with E-state index in [0.717, 1.165) is 5.56 Å². The first-order valence-corrected chi connectivity index (χ1v) is 7.36. The molecule has 1 heterocycles. The second kappa shape index (κ2) is 7.33. The van der Waals surface area contributed by atoms with Crippen molar-refractivity contribution in [2.24, 2.45) is 5.84 Å². The molecule has 1 aromatic heterocycles. The Balaban J connectivity index is 2.40. The number of hydrazine groups is 1. The molecule has 21 heavy (non-hydrogen) atoms. The van der Waals surface area contributed by atoms with Gasteiger partial charge in [0.1, 0.15) is 5.82 Å². The molecule has 5 nitrogen and oxygen atoms in total. The molecule has 0 saturated heterocycles.